The Labute approximate surface area is 125 Å². The van der Waals surface area contributed by atoms with Crippen LogP contribution in [-0.4, -0.2) is 31.2 Å². The van der Waals surface area contributed by atoms with Crippen molar-refractivity contribution in [1.29, 1.82) is 0 Å². The Morgan fingerprint density at radius 3 is 2.57 bits per heavy atom. The molecule has 0 atom stereocenters. The third kappa shape index (κ3) is 3.27. The van der Waals surface area contributed by atoms with E-state index in [9.17, 15) is 0 Å². The summed E-state index contributed by atoms with van der Waals surface area (Å²) in [5.74, 6) is 1.98. The van der Waals surface area contributed by atoms with Gasteiger partial charge < -0.3 is 15.0 Å². The molecule has 1 saturated heterocycles. The Hall–Kier alpha value is -2.23. The summed E-state index contributed by atoms with van der Waals surface area (Å²) in [6, 6.07) is 14.7. The van der Waals surface area contributed by atoms with Crippen LogP contribution in [-0.2, 0) is 0 Å². The normalized spacial score (nSPS) is 15.8. The van der Waals surface area contributed by atoms with Gasteiger partial charge in [0.2, 0.25) is 0 Å². The highest BCUT2D eigenvalue weighted by Gasteiger charge is 2.20. The van der Waals surface area contributed by atoms with E-state index in [4.69, 9.17) is 4.74 Å². The van der Waals surface area contributed by atoms with Crippen LogP contribution >= 0.6 is 0 Å². The quantitative estimate of drug-likeness (QED) is 0.935. The molecule has 1 aliphatic heterocycles. The number of nitrogens with one attached hydrogen (secondary N) is 1. The number of anilines is 2. The van der Waals surface area contributed by atoms with Crippen molar-refractivity contribution in [3.8, 4) is 5.75 Å². The molecule has 1 N–H and O–H groups in total. The molecule has 4 heteroatoms. The van der Waals surface area contributed by atoms with Crippen LogP contribution in [0.1, 0.15) is 12.8 Å². The monoisotopic (exact) mass is 283 g/mol. The highest BCUT2D eigenvalue weighted by Crippen LogP contribution is 2.26. The fourth-order valence-electron chi connectivity index (χ4n) is 2.78. The second-order valence-electron chi connectivity index (χ2n) is 5.29. The van der Waals surface area contributed by atoms with E-state index in [-0.39, 0.29) is 0 Å². The maximum absolute atomic E-state index is 5.39. The van der Waals surface area contributed by atoms with Crippen LogP contribution in [0.15, 0.2) is 48.7 Å². The molecule has 110 valence electrons. The molecule has 0 amide bonds. The number of hydrogen-bond acceptors (Lipinski definition) is 4. The number of para-hydroxylation sites is 2. The highest BCUT2D eigenvalue weighted by molar-refractivity contribution is 5.56. The van der Waals surface area contributed by atoms with E-state index in [1.165, 1.54) is 0 Å². The van der Waals surface area contributed by atoms with Gasteiger partial charge >= 0.3 is 0 Å². The molecule has 0 radical (unpaired) electrons. The fraction of sp³-hybridized carbons (Fsp3) is 0.353. The number of rotatable bonds is 4. The molecule has 1 aromatic heterocycles. The van der Waals surface area contributed by atoms with E-state index in [0.717, 1.165) is 43.2 Å². The van der Waals surface area contributed by atoms with Gasteiger partial charge in [-0.15, -0.1) is 0 Å². The first-order chi connectivity index (χ1) is 10.4. The van der Waals surface area contributed by atoms with Gasteiger partial charge in [0, 0.05) is 25.3 Å². The molecule has 0 aliphatic carbocycles. The fourth-order valence-corrected chi connectivity index (χ4v) is 2.78. The van der Waals surface area contributed by atoms with Crippen molar-refractivity contribution in [1.82, 2.24) is 4.98 Å². The third-order valence-electron chi connectivity index (χ3n) is 3.93. The number of pyridine rings is 1. The van der Waals surface area contributed by atoms with E-state index in [1.54, 1.807) is 7.11 Å². The van der Waals surface area contributed by atoms with Crippen molar-refractivity contribution < 1.29 is 4.74 Å². The lowest BCUT2D eigenvalue weighted by molar-refractivity contribution is 0.415. The topological polar surface area (TPSA) is 37.4 Å². The van der Waals surface area contributed by atoms with Crippen molar-refractivity contribution in [2.75, 3.05) is 30.4 Å². The minimum Gasteiger partial charge on any atom is -0.495 e. The van der Waals surface area contributed by atoms with Gasteiger partial charge in [-0.3, -0.25) is 0 Å². The first-order valence-electron chi connectivity index (χ1n) is 7.42. The molecular weight excluding hydrogens is 262 g/mol. The molecule has 4 nitrogen and oxygen atoms in total. The van der Waals surface area contributed by atoms with Crippen LogP contribution in [0.25, 0.3) is 0 Å². The van der Waals surface area contributed by atoms with E-state index in [2.05, 4.69) is 27.3 Å². The van der Waals surface area contributed by atoms with Gasteiger partial charge in [0.05, 0.1) is 12.8 Å². The van der Waals surface area contributed by atoms with Crippen LogP contribution < -0.4 is 15.0 Å². The lowest BCUT2D eigenvalue weighted by Gasteiger charge is -2.33. The zero-order valence-corrected chi connectivity index (χ0v) is 12.3. The van der Waals surface area contributed by atoms with E-state index < -0.39 is 0 Å². The summed E-state index contributed by atoms with van der Waals surface area (Å²) in [5.41, 5.74) is 1.08. The number of ether oxygens (including phenoxy) is 1. The first-order valence-corrected chi connectivity index (χ1v) is 7.42. The molecule has 0 spiro atoms. The molecule has 0 unspecified atom stereocenters. The number of benzene rings is 1. The molecule has 1 aromatic carbocycles. The van der Waals surface area contributed by atoms with Gasteiger partial charge in [0.1, 0.15) is 11.6 Å². The van der Waals surface area contributed by atoms with Gasteiger partial charge in [-0.25, -0.2) is 4.98 Å². The van der Waals surface area contributed by atoms with E-state index in [0.29, 0.717) is 6.04 Å². The molecule has 1 fully saturated rings. The van der Waals surface area contributed by atoms with Crippen molar-refractivity contribution in [2.24, 2.45) is 0 Å². The van der Waals surface area contributed by atoms with Crippen LogP contribution in [0.2, 0.25) is 0 Å². The molecule has 0 bridgehead atoms. The van der Waals surface area contributed by atoms with Gasteiger partial charge in [0.15, 0.2) is 0 Å². The number of aromatic nitrogens is 1. The van der Waals surface area contributed by atoms with E-state index >= 15 is 0 Å². The summed E-state index contributed by atoms with van der Waals surface area (Å²) in [6.07, 6.45) is 4.07. The minimum atomic E-state index is 0.487. The van der Waals surface area contributed by atoms with Crippen molar-refractivity contribution >= 4 is 11.5 Å². The largest absolute Gasteiger partial charge is 0.495 e. The Bertz CT molecular complexity index is 565. The Balaban J connectivity index is 1.59. The molecule has 3 rings (SSSR count). The number of hydrogen-bond donors (Lipinski definition) is 1. The SMILES string of the molecule is COc1ccccc1NC1CCN(c2ccccn2)CC1. The molecule has 21 heavy (non-hydrogen) atoms. The summed E-state index contributed by atoms with van der Waals surface area (Å²) in [4.78, 5) is 6.77. The van der Waals surface area contributed by atoms with Crippen LogP contribution in [0.3, 0.4) is 0 Å². The maximum Gasteiger partial charge on any atom is 0.141 e. The Morgan fingerprint density at radius 2 is 1.86 bits per heavy atom. The van der Waals surface area contributed by atoms with Gasteiger partial charge in [0.25, 0.3) is 0 Å². The molecular formula is C17H21N3O. The number of nitrogens with zero attached hydrogens (tertiary/aromatic N) is 2. The van der Waals surface area contributed by atoms with Crippen LogP contribution in [0.5, 0.6) is 5.75 Å². The summed E-state index contributed by atoms with van der Waals surface area (Å²) < 4.78 is 5.39. The Kier molecular flexibility index (Phi) is 4.24. The smallest absolute Gasteiger partial charge is 0.141 e. The molecule has 2 heterocycles. The standard InChI is InChI=1S/C17H21N3O/c1-21-16-7-3-2-6-15(16)19-14-9-12-20(13-10-14)17-8-4-5-11-18-17/h2-8,11,14,19H,9-10,12-13H2,1H3. The average molecular weight is 283 g/mol. The summed E-state index contributed by atoms with van der Waals surface area (Å²) in [5, 5.41) is 3.60. The zero-order chi connectivity index (χ0) is 14.5. The molecule has 1 aliphatic rings. The zero-order valence-electron chi connectivity index (χ0n) is 12.3. The minimum absolute atomic E-state index is 0.487. The first kappa shape index (κ1) is 13.7. The molecule has 0 saturated carbocycles. The lowest BCUT2D eigenvalue weighted by Crippen LogP contribution is -2.39. The number of piperidine rings is 1. The predicted octanol–water partition coefficient (Wildman–Crippen LogP) is 3.17. The predicted molar refractivity (Wildman–Crippen MR) is 86.1 cm³/mol. The maximum atomic E-state index is 5.39. The second kappa shape index (κ2) is 6.48. The summed E-state index contributed by atoms with van der Waals surface area (Å²) in [6.45, 7) is 2.06. The van der Waals surface area contributed by atoms with Crippen molar-refractivity contribution in [3.05, 3.63) is 48.7 Å². The van der Waals surface area contributed by atoms with Crippen LogP contribution in [0, 0.1) is 0 Å². The summed E-state index contributed by atoms with van der Waals surface area (Å²) in [7, 11) is 1.71. The Morgan fingerprint density at radius 1 is 1.10 bits per heavy atom. The third-order valence-corrected chi connectivity index (χ3v) is 3.93. The summed E-state index contributed by atoms with van der Waals surface area (Å²) >= 11 is 0. The van der Waals surface area contributed by atoms with Crippen LogP contribution in [0.4, 0.5) is 11.5 Å². The average Bonchev–Trinajstić information content (AvgIpc) is 2.57. The number of methoxy groups -OCH3 is 1. The highest BCUT2D eigenvalue weighted by atomic mass is 16.5. The second-order valence-corrected chi connectivity index (χ2v) is 5.29. The van der Waals surface area contributed by atoms with Gasteiger partial charge in [-0.1, -0.05) is 18.2 Å². The molecule has 2 aromatic rings. The van der Waals surface area contributed by atoms with E-state index in [1.807, 2.05) is 36.5 Å². The van der Waals surface area contributed by atoms with Gasteiger partial charge in [-0.05, 0) is 37.1 Å². The van der Waals surface area contributed by atoms with Crippen molar-refractivity contribution in [3.63, 3.8) is 0 Å². The van der Waals surface area contributed by atoms with Crippen molar-refractivity contribution in [2.45, 2.75) is 18.9 Å². The lowest BCUT2D eigenvalue weighted by atomic mass is 10.0. The van der Waals surface area contributed by atoms with Gasteiger partial charge in [-0.2, -0.15) is 0 Å².